The van der Waals surface area contributed by atoms with Gasteiger partial charge in [0.25, 0.3) is 0 Å². The molecule has 2 rings (SSSR count). The third kappa shape index (κ3) is 6.68. The van der Waals surface area contributed by atoms with E-state index in [0.717, 1.165) is 25.4 Å². The van der Waals surface area contributed by atoms with E-state index in [9.17, 15) is 9.90 Å². The zero-order chi connectivity index (χ0) is 16.7. The lowest BCUT2D eigenvalue weighted by Gasteiger charge is -2.40. The van der Waals surface area contributed by atoms with Crippen LogP contribution in [0.15, 0.2) is 0 Å². The van der Waals surface area contributed by atoms with Gasteiger partial charge in [-0.05, 0) is 51.5 Å². The number of piperidine rings is 1. The summed E-state index contributed by atoms with van der Waals surface area (Å²) in [5, 5.41) is 15.5. The summed E-state index contributed by atoms with van der Waals surface area (Å²) in [4.78, 5) is 14.7. The van der Waals surface area contributed by atoms with Crippen LogP contribution in [0, 0.1) is 5.92 Å². The maximum atomic E-state index is 12.1. The molecular weight excluding hydrogens is 290 g/mol. The Balaban J connectivity index is 1.68. The van der Waals surface area contributed by atoms with Gasteiger partial charge >= 0.3 is 6.03 Å². The average molecular weight is 325 g/mol. The Hall–Kier alpha value is -0.810. The third-order valence-corrected chi connectivity index (χ3v) is 5.23. The molecule has 1 saturated carbocycles. The summed E-state index contributed by atoms with van der Waals surface area (Å²) in [7, 11) is 0. The topological polar surface area (TPSA) is 64.6 Å². The highest BCUT2D eigenvalue weighted by atomic mass is 16.3. The molecule has 1 aliphatic carbocycles. The highest BCUT2D eigenvalue weighted by molar-refractivity contribution is 5.74. The SMILES string of the molecule is CC(O)CC(C)CNC(=O)NC1CCCN(C2CCCCC2)C1. The van der Waals surface area contributed by atoms with Gasteiger partial charge in [0.2, 0.25) is 0 Å². The molecule has 3 atom stereocenters. The number of urea groups is 1. The number of nitrogens with zero attached hydrogens (tertiary/aromatic N) is 1. The van der Waals surface area contributed by atoms with E-state index < -0.39 is 0 Å². The molecule has 134 valence electrons. The standard InChI is InChI=1S/C18H35N3O2/c1-14(11-15(2)22)12-19-18(23)20-16-7-6-10-21(13-16)17-8-4-3-5-9-17/h14-17,22H,3-13H2,1-2H3,(H2,19,20,23). The molecule has 1 aliphatic heterocycles. The minimum atomic E-state index is -0.308. The number of hydrogen-bond donors (Lipinski definition) is 3. The molecule has 0 aromatic rings. The van der Waals surface area contributed by atoms with E-state index in [1.807, 2.05) is 0 Å². The Labute approximate surface area is 141 Å². The molecule has 0 aromatic carbocycles. The second-order valence-corrected chi connectivity index (χ2v) is 7.67. The third-order valence-electron chi connectivity index (χ3n) is 5.23. The van der Waals surface area contributed by atoms with E-state index in [1.54, 1.807) is 6.92 Å². The smallest absolute Gasteiger partial charge is 0.315 e. The van der Waals surface area contributed by atoms with Crippen molar-refractivity contribution in [2.75, 3.05) is 19.6 Å². The van der Waals surface area contributed by atoms with Crippen molar-refractivity contribution in [2.24, 2.45) is 5.92 Å². The van der Waals surface area contributed by atoms with Crippen molar-refractivity contribution in [1.82, 2.24) is 15.5 Å². The van der Waals surface area contributed by atoms with E-state index in [1.165, 1.54) is 45.1 Å². The summed E-state index contributed by atoms with van der Waals surface area (Å²) in [5.41, 5.74) is 0. The van der Waals surface area contributed by atoms with Crippen LogP contribution in [-0.2, 0) is 0 Å². The van der Waals surface area contributed by atoms with Crippen LogP contribution < -0.4 is 10.6 Å². The molecule has 0 bridgehead atoms. The summed E-state index contributed by atoms with van der Waals surface area (Å²) in [5.74, 6) is 0.297. The van der Waals surface area contributed by atoms with Gasteiger partial charge in [-0.2, -0.15) is 0 Å². The van der Waals surface area contributed by atoms with E-state index in [-0.39, 0.29) is 18.2 Å². The number of aliphatic hydroxyl groups is 1. The molecule has 0 aromatic heterocycles. The lowest BCUT2D eigenvalue weighted by atomic mass is 9.92. The zero-order valence-electron chi connectivity index (χ0n) is 14.9. The fraction of sp³-hybridized carbons (Fsp3) is 0.944. The van der Waals surface area contributed by atoms with Gasteiger partial charge in [-0.1, -0.05) is 26.2 Å². The van der Waals surface area contributed by atoms with Crippen LogP contribution in [0.4, 0.5) is 4.79 Å². The number of likely N-dealkylation sites (tertiary alicyclic amines) is 1. The first-order chi connectivity index (χ1) is 11.0. The van der Waals surface area contributed by atoms with Gasteiger partial charge in [-0.25, -0.2) is 4.79 Å². The predicted octanol–water partition coefficient (Wildman–Crippen LogP) is 2.49. The van der Waals surface area contributed by atoms with Crippen LogP contribution in [-0.4, -0.2) is 53.9 Å². The van der Waals surface area contributed by atoms with Crippen molar-refractivity contribution in [3.8, 4) is 0 Å². The minimum Gasteiger partial charge on any atom is -0.393 e. The lowest BCUT2D eigenvalue weighted by Crippen LogP contribution is -2.53. The fourth-order valence-corrected chi connectivity index (χ4v) is 4.07. The van der Waals surface area contributed by atoms with E-state index in [4.69, 9.17) is 0 Å². The second-order valence-electron chi connectivity index (χ2n) is 7.67. The second kappa shape index (κ2) is 9.48. The molecule has 0 radical (unpaired) electrons. The predicted molar refractivity (Wildman–Crippen MR) is 93.5 cm³/mol. The molecule has 2 amide bonds. The molecule has 1 heterocycles. The van der Waals surface area contributed by atoms with Gasteiger partial charge in [0, 0.05) is 25.2 Å². The average Bonchev–Trinajstić information content (AvgIpc) is 2.53. The van der Waals surface area contributed by atoms with Crippen LogP contribution in [0.2, 0.25) is 0 Å². The molecule has 2 fully saturated rings. The van der Waals surface area contributed by atoms with Crippen molar-refractivity contribution in [2.45, 2.75) is 83.4 Å². The molecule has 1 saturated heterocycles. The summed E-state index contributed by atoms with van der Waals surface area (Å²) < 4.78 is 0. The molecular formula is C18H35N3O2. The first-order valence-corrected chi connectivity index (χ1v) is 9.51. The van der Waals surface area contributed by atoms with Crippen LogP contribution in [0.25, 0.3) is 0 Å². The monoisotopic (exact) mass is 325 g/mol. The molecule has 3 unspecified atom stereocenters. The van der Waals surface area contributed by atoms with Crippen LogP contribution >= 0.6 is 0 Å². The van der Waals surface area contributed by atoms with Gasteiger partial charge in [0.1, 0.15) is 0 Å². The Morgan fingerprint density at radius 3 is 2.61 bits per heavy atom. The first-order valence-electron chi connectivity index (χ1n) is 9.51. The number of nitrogens with one attached hydrogen (secondary N) is 2. The van der Waals surface area contributed by atoms with E-state index in [2.05, 4.69) is 22.5 Å². The van der Waals surface area contributed by atoms with Gasteiger partial charge in [-0.3, -0.25) is 4.90 Å². The normalized spacial score (nSPS) is 26.5. The summed E-state index contributed by atoms with van der Waals surface area (Å²) in [6, 6.07) is 0.957. The number of hydrogen-bond acceptors (Lipinski definition) is 3. The minimum absolute atomic E-state index is 0.0575. The van der Waals surface area contributed by atoms with Crippen LogP contribution in [0.1, 0.15) is 65.2 Å². The molecule has 23 heavy (non-hydrogen) atoms. The highest BCUT2D eigenvalue weighted by Crippen LogP contribution is 2.25. The number of carbonyl (C=O) groups is 1. The fourth-order valence-electron chi connectivity index (χ4n) is 4.07. The van der Waals surface area contributed by atoms with E-state index >= 15 is 0 Å². The number of aliphatic hydroxyl groups excluding tert-OH is 1. The van der Waals surface area contributed by atoms with Crippen molar-refractivity contribution in [3.05, 3.63) is 0 Å². The van der Waals surface area contributed by atoms with Gasteiger partial charge in [-0.15, -0.1) is 0 Å². The number of carbonyl (C=O) groups excluding carboxylic acids is 1. The maximum Gasteiger partial charge on any atom is 0.315 e. The molecule has 5 heteroatoms. The van der Waals surface area contributed by atoms with Gasteiger partial charge < -0.3 is 15.7 Å². The summed E-state index contributed by atoms with van der Waals surface area (Å²) in [6.45, 7) is 6.66. The molecule has 2 aliphatic rings. The summed E-state index contributed by atoms with van der Waals surface area (Å²) >= 11 is 0. The zero-order valence-corrected chi connectivity index (χ0v) is 14.9. The maximum absolute atomic E-state index is 12.1. The van der Waals surface area contributed by atoms with Crippen molar-refractivity contribution in [3.63, 3.8) is 0 Å². The first kappa shape index (κ1) is 18.5. The molecule has 0 spiro atoms. The summed E-state index contributed by atoms with van der Waals surface area (Å²) in [6.07, 6.45) is 9.45. The van der Waals surface area contributed by atoms with Crippen LogP contribution in [0.5, 0.6) is 0 Å². The Morgan fingerprint density at radius 2 is 1.91 bits per heavy atom. The van der Waals surface area contributed by atoms with Crippen LogP contribution in [0.3, 0.4) is 0 Å². The van der Waals surface area contributed by atoms with Gasteiger partial charge in [0.15, 0.2) is 0 Å². The largest absolute Gasteiger partial charge is 0.393 e. The Bertz CT molecular complexity index is 356. The Kier molecular flexibility index (Phi) is 7.63. The van der Waals surface area contributed by atoms with Crippen molar-refractivity contribution in [1.29, 1.82) is 0 Å². The van der Waals surface area contributed by atoms with Crippen molar-refractivity contribution < 1.29 is 9.90 Å². The number of amides is 2. The quantitative estimate of drug-likeness (QED) is 0.703. The molecule has 5 nitrogen and oxygen atoms in total. The van der Waals surface area contributed by atoms with Crippen molar-refractivity contribution >= 4 is 6.03 Å². The highest BCUT2D eigenvalue weighted by Gasteiger charge is 2.27. The number of rotatable bonds is 6. The lowest BCUT2D eigenvalue weighted by molar-refractivity contribution is 0.112. The molecule has 3 N–H and O–H groups in total. The van der Waals surface area contributed by atoms with E-state index in [0.29, 0.717) is 12.5 Å². The van der Waals surface area contributed by atoms with Gasteiger partial charge in [0.05, 0.1) is 6.10 Å². The Morgan fingerprint density at radius 1 is 1.17 bits per heavy atom.